The monoisotopic (exact) mass is 475 g/mol. The van der Waals surface area contributed by atoms with E-state index in [-0.39, 0.29) is 49.5 Å². The van der Waals surface area contributed by atoms with Crippen LogP contribution in [0.25, 0.3) is 0 Å². The molecule has 1 N–H and O–H groups in total. The Morgan fingerprint density at radius 3 is 2.42 bits per heavy atom. The van der Waals surface area contributed by atoms with Gasteiger partial charge in [0.15, 0.2) is 12.7 Å². The summed E-state index contributed by atoms with van der Waals surface area (Å²) in [4.78, 5) is 26.0. The molecule has 2 heterocycles. The van der Waals surface area contributed by atoms with Gasteiger partial charge in [0.2, 0.25) is 10.0 Å². The number of amides is 2. The lowest BCUT2D eigenvalue weighted by molar-refractivity contribution is -0.134. The molecule has 33 heavy (non-hydrogen) atoms. The second-order valence-corrected chi connectivity index (χ2v) is 9.59. The number of hydrogen-bond donors (Lipinski definition) is 1. The van der Waals surface area contributed by atoms with Crippen LogP contribution in [-0.2, 0) is 19.6 Å². The topological polar surface area (TPSA) is 114 Å². The van der Waals surface area contributed by atoms with Gasteiger partial charge in [0.05, 0.1) is 17.7 Å². The van der Waals surface area contributed by atoms with Crippen molar-refractivity contribution in [2.75, 3.05) is 45.2 Å². The van der Waals surface area contributed by atoms with Crippen LogP contribution in [0.2, 0.25) is 0 Å². The number of ether oxygens (including phenoxy) is 3. The number of hydrogen-bond acceptors (Lipinski definition) is 7. The van der Waals surface area contributed by atoms with Crippen LogP contribution in [0, 0.1) is 0 Å². The van der Waals surface area contributed by atoms with E-state index in [9.17, 15) is 18.0 Å². The number of benzene rings is 2. The van der Waals surface area contributed by atoms with E-state index in [2.05, 4.69) is 5.32 Å². The lowest BCUT2D eigenvalue weighted by Crippen LogP contribution is -2.51. The van der Waals surface area contributed by atoms with Gasteiger partial charge < -0.3 is 24.4 Å². The van der Waals surface area contributed by atoms with Gasteiger partial charge in [-0.05, 0) is 49.4 Å². The SMILES string of the molecule is COc1ccc(OCC(=O)N2CCN(S(=O)(=O)c3ccc4c(c3)NC(=O)[C@@H](C)O4)CC2)cc1. The summed E-state index contributed by atoms with van der Waals surface area (Å²) >= 11 is 0. The van der Waals surface area contributed by atoms with Gasteiger partial charge in [0.1, 0.15) is 17.2 Å². The van der Waals surface area contributed by atoms with Gasteiger partial charge in [-0.2, -0.15) is 4.31 Å². The molecule has 1 atom stereocenters. The van der Waals surface area contributed by atoms with Gasteiger partial charge >= 0.3 is 0 Å². The molecule has 0 unspecified atom stereocenters. The molecule has 2 amide bonds. The highest BCUT2D eigenvalue weighted by molar-refractivity contribution is 7.89. The third-order valence-corrected chi connectivity index (χ3v) is 7.43. The maximum atomic E-state index is 13.1. The summed E-state index contributed by atoms with van der Waals surface area (Å²) in [6, 6.07) is 11.3. The summed E-state index contributed by atoms with van der Waals surface area (Å²) in [5.74, 6) is 1.11. The van der Waals surface area contributed by atoms with Crippen LogP contribution in [0.3, 0.4) is 0 Å². The summed E-state index contributed by atoms with van der Waals surface area (Å²) in [5.41, 5.74) is 0.323. The van der Waals surface area contributed by atoms with E-state index in [1.807, 2.05) is 0 Å². The van der Waals surface area contributed by atoms with Crippen LogP contribution in [0.1, 0.15) is 6.92 Å². The van der Waals surface area contributed by atoms with Crippen molar-refractivity contribution in [3.05, 3.63) is 42.5 Å². The Labute approximate surface area is 192 Å². The molecule has 4 rings (SSSR count). The normalized spacial score (nSPS) is 18.7. The predicted octanol–water partition coefficient (Wildman–Crippen LogP) is 1.33. The van der Waals surface area contributed by atoms with E-state index in [0.717, 1.165) is 0 Å². The fourth-order valence-electron chi connectivity index (χ4n) is 3.58. The van der Waals surface area contributed by atoms with E-state index in [0.29, 0.717) is 22.9 Å². The first-order valence-electron chi connectivity index (χ1n) is 10.4. The molecule has 11 heteroatoms. The van der Waals surface area contributed by atoms with E-state index in [4.69, 9.17) is 14.2 Å². The van der Waals surface area contributed by atoms with Gasteiger partial charge in [-0.15, -0.1) is 0 Å². The van der Waals surface area contributed by atoms with Gasteiger partial charge in [-0.25, -0.2) is 8.42 Å². The Morgan fingerprint density at radius 1 is 1.09 bits per heavy atom. The average Bonchev–Trinajstić information content (AvgIpc) is 2.83. The largest absolute Gasteiger partial charge is 0.497 e. The summed E-state index contributed by atoms with van der Waals surface area (Å²) in [7, 11) is -2.23. The lowest BCUT2D eigenvalue weighted by atomic mass is 10.2. The summed E-state index contributed by atoms with van der Waals surface area (Å²) < 4.78 is 43.6. The molecular weight excluding hydrogens is 450 g/mol. The van der Waals surface area contributed by atoms with Crippen molar-refractivity contribution in [2.45, 2.75) is 17.9 Å². The van der Waals surface area contributed by atoms with Crippen LogP contribution < -0.4 is 19.5 Å². The number of nitrogens with zero attached hydrogens (tertiary/aromatic N) is 2. The number of rotatable bonds is 6. The molecule has 2 aromatic carbocycles. The quantitative estimate of drug-likeness (QED) is 0.670. The fraction of sp³-hybridized carbons (Fsp3) is 0.364. The van der Waals surface area contributed by atoms with Crippen molar-refractivity contribution in [3.63, 3.8) is 0 Å². The van der Waals surface area contributed by atoms with Crippen LogP contribution in [0.15, 0.2) is 47.4 Å². The molecule has 0 aliphatic carbocycles. The maximum absolute atomic E-state index is 13.1. The van der Waals surface area contributed by atoms with Crippen LogP contribution in [-0.4, -0.2) is 75.4 Å². The highest BCUT2D eigenvalue weighted by Gasteiger charge is 2.32. The minimum atomic E-state index is -3.79. The zero-order valence-corrected chi connectivity index (χ0v) is 19.1. The molecule has 2 aliphatic heterocycles. The maximum Gasteiger partial charge on any atom is 0.265 e. The number of nitrogens with one attached hydrogen (secondary N) is 1. The van der Waals surface area contributed by atoms with Crippen molar-refractivity contribution in [1.29, 1.82) is 0 Å². The lowest BCUT2D eigenvalue weighted by Gasteiger charge is -2.34. The molecule has 0 bridgehead atoms. The number of piperazine rings is 1. The summed E-state index contributed by atoms with van der Waals surface area (Å²) in [6.07, 6.45) is -0.640. The molecular formula is C22H25N3O7S. The molecule has 2 aromatic rings. The second-order valence-electron chi connectivity index (χ2n) is 7.66. The highest BCUT2D eigenvalue weighted by Crippen LogP contribution is 2.33. The van der Waals surface area contributed by atoms with E-state index >= 15 is 0 Å². The summed E-state index contributed by atoms with van der Waals surface area (Å²) in [5, 5.41) is 2.66. The number of carbonyl (C=O) groups excluding carboxylic acids is 2. The van der Waals surface area contributed by atoms with E-state index < -0.39 is 16.1 Å². The first-order chi connectivity index (χ1) is 15.8. The van der Waals surface area contributed by atoms with Crippen molar-refractivity contribution >= 4 is 27.5 Å². The number of fused-ring (bicyclic) bond motifs is 1. The third-order valence-electron chi connectivity index (χ3n) is 5.53. The highest BCUT2D eigenvalue weighted by atomic mass is 32.2. The van der Waals surface area contributed by atoms with Crippen LogP contribution in [0.4, 0.5) is 5.69 Å². The Kier molecular flexibility index (Phi) is 6.43. The van der Waals surface area contributed by atoms with E-state index in [1.54, 1.807) is 43.2 Å². The first-order valence-corrected chi connectivity index (χ1v) is 11.9. The minimum absolute atomic E-state index is 0.0577. The number of methoxy groups -OCH3 is 1. The fourth-order valence-corrected chi connectivity index (χ4v) is 5.03. The smallest absolute Gasteiger partial charge is 0.265 e. The summed E-state index contributed by atoms with van der Waals surface area (Å²) in [6.45, 7) is 2.31. The van der Waals surface area contributed by atoms with Gasteiger partial charge in [-0.1, -0.05) is 0 Å². The molecule has 0 radical (unpaired) electrons. The molecule has 1 saturated heterocycles. The Bertz CT molecular complexity index is 1140. The molecule has 1 fully saturated rings. The molecule has 0 spiro atoms. The van der Waals surface area contributed by atoms with Crippen molar-refractivity contribution in [1.82, 2.24) is 9.21 Å². The Balaban J connectivity index is 1.34. The molecule has 0 saturated carbocycles. The van der Waals surface area contributed by atoms with Crippen molar-refractivity contribution < 1.29 is 32.2 Å². The van der Waals surface area contributed by atoms with Crippen molar-refractivity contribution in [3.8, 4) is 17.2 Å². The van der Waals surface area contributed by atoms with Gasteiger partial charge in [0, 0.05) is 26.2 Å². The van der Waals surface area contributed by atoms with Crippen LogP contribution in [0.5, 0.6) is 17.2 Å². The van der Waals surface area contributed by atoms with Gasteiger partial charge in [0.25, 0.3) is 11.8 Å². The standard InChI is InChI=1S/C22H25N3O7S/c1-15-22(27)23-19-13-18(7-8-20(19)32-15)33(28,29)25-11-9-24(10-12-25)21(26)14-31-17-5-3-16(30-2)4-6-17/h3-8,13,15H,9-12,14H2,1-2H3,(H,23,27)/t15-/m1/s1. The predicted molar refractivity (Wildman–Crippen MR) is 119 cm³/mol. The zero-order valence-electron chi connectivity index (χ0n) is 18.3. The Hall–Kier alpha value is -3.31. The number of sulfonamides is 1. The van der Waals surface area contributed by atoms with Crippen molar-refractivity contribution in [2.24, 2.45) is 0 Å². The minimum Gasteiger partial charge on any atom is -0.497 e. The number of anilines is 1. The molecule has 0 aromatic heterocycles. The molecule has 2 aliphatic rings. The third kappa shape index (κ3) is 4.88. The molecule has 176 valence electrons. The first kappa shape index (κ1) is 22.9. The Morgan fingerprint density at radius 2 is 1.76 bits per heavy atom. The van der Waals surface area contributed by atoms with E-state index in [1.165, 1.54) is 22.5 Å². The molecule has 10 nitrogen and oxygen atoms in total. The van der Waals surface area contributed by atoms with Crippen LogP contribution >= 0.6 is 0 Å². The second kappa shape index (κ2) is 9.28. The average molecular weight is 476 g/mol. The number of carbonyl (C=O) groups is 2. The van der Waals surface area contributed by atoms with Gasteiger partial charge in [-0.3, -0.25) is 9.59 Å². The zero-order chi connectivity index (χ0) is 23.6.